The van der Waals surface area contributed by atoms with E-state index in [2.05, 4.69) is 28.1 Å². The molecule has 2 nitrogen and oxygen atoms in total. The Morgan fingerprint density at radius 1 is 1.13 bits per heavy atom. The van der Waals surface area contributed by atoms with E-state index in [0.29, 0.717) is 0 Å². The molecule has 0 fully saturated rings. The maximum absolute atomic E-state index is 5.54. The van der Waals surface area contributed by atoms with Crippen molar-refractivity contribution in [1.82, 2.24) is 0 Å². The minimum Gasteiger partial charge on any atom is -0.494 e. The first-order chi connectivity index (χ1) is 7.36. The van der Waals surface area contributed by atoms with Crippen LogP contribution in [-0.2, 0) is 11.2 Å². The third-order valence-corrected chi connectivity index (χ3v) is 2.63. The number of methoxy groups -OCH3 is 1. The molecule has 0 aromatic heterocycles. The Balaban J connectivity index is 2.35. The molecule has 84 valence electrons. The minimum absolute atomic E-state index is 0.767. The van der Waals surface area contributed by atoms with Gasteiger partial charge in [0, 0.05) is 12.4 Å². The summed E-state index contributed by atoms with van der Waals surface area (Å²) < 4.78 is 10.6. The topological polar surface area (TPSA) is 18.5 Å². The molecule has 0 aliphatic heterocycles. The molecule has 0 atom stereocenters. The second-order valence-corrected chi connectivity index (χ2v) is 4.07. The zero-order valence-corrected chi connectivity index (χ0v) is 10.6. The summed E-state index contributed by atoms with van der Waals surface area (Å²) in [7, 11) is 1.72. The molecule has 1 aromatic carbocycles. The summed E-state index contributed by atoms with van der Waals surface area (Å²) >= 11 is 3.37. The van der Waals surface area contributed by atoms with Crippen molar-refractivity contribution in [3.05, 3.63) is 29.8 Å². The highest BCUT2D eigenvalue weighted by atomic mass is 79.9. The van der Waals surface area contributed by atoms with Gasteiger partial charge in [-0.3, -0.25) is 0 Å². The number of halogens is 1. The van der Waals surface area contributed by atoms with Gasteiger partial charge >= 0.3 is 0 Å². The van der Waals surface area contributed by atoms with E-state index >= 15 is 0 Å². The summed E-state index contributed by atoms with van der Waals surface area (Å²) in [6.45, 7) is 1.53. The van der Waals surface area contributed by atoms with Crippen LogP contribution in [0, 0.1) is 0 Å². The maximum Gasteiger partial charge on any atom is 0.119 e. The van der Waals surface area contributed by atoms with Gasteiger partial charge < -0.3 is 9.47 Å². The van der Waals surface area contributed by atoms with Crippen LogP contribution in [0.1, 0.15) is 12.0 Å². The van der Waals surface area contributed by atoms with Gasteiger partial charge in [-0.15, -0.1) is 0 Å². The monoisotopic (exact) mass is 272 g/mol. The summed E-state index contributed by atoms with van der Waals surface area (Å²) in [4.78, 5) is 0. The van der Waals surface area contributed by atoms with Crippen molar-refractivity contribution < 1.29 is 9.47 Å². The Hall–Kier alpha value is -0.540. The zero-order valence-electron chi connectivity index (χ0n) is 9.04. The Morgan fingerprint density at radius 3 is 2.47 bits per heavy atom. The van der Waals surface area contributed by atoms with E-state index in [0.717, 1.165) is 37.1 Å². The van der Waals surface area contributed by atoms with Crippen molar-refractivity contribution in [2.75, 3.05) is 25.7 Å². The minimum atomic E-state index is 0.767. The highest BCUT2D eigenvalue weighted by Gasteiger charge is 1.95. The lowest BCUT2D eigenvalue weighted by Crippen LogP contribution is -1.98. The van der Waals surface area contributed by atoms with Gasteiger partial charge in [-0.25, -0.2) is 0 Å². The van der Waals surface area contributed by atoms with Crippen molar-refractivity contribution >= 4 is 15.9 Å². The summed E-state index contributed by atoms with van der Waals surface area (Å²) in [5.41, 5.74) is 1.28. The molecular formula is C12H17BrO2. The summed E-state index contributed by atoms with van der Waals surface area (Å²) in [5, 5.41) is 0.985. The second kappa shape index (κ2) is 7.71. The first kappa shape index (κ1) is 12.5. The smallest absolute Gasteiger partial charge is 0.119 e. The van der Waals surface area contributed by atoms with E-state index < -0.39 is 0 Å². The molecule has 0 unspecified atom stereocenters. The molecule has 0 amide bonds. The number of benzene rings is 1. The van der Waals surface area contributed by atoms with E-state index in [-0.39, 0.29) is 0 Å². The van der Waals surface area contributed by atoms with Crippen LogP contribution in [-0.4, -0.2) is 25.7 Å². The molecular weight excluding hydrogens is 256 g/mol. The molecule has 0 heterocycles. The Kier molecular flexibility index (Phi) is 6.44. The van der Waals surface area contributed by atoms with Gasteiger partial charge in [-0.2, -0.15) is 0 Å². The van der Waals surface area contributed by atoms with Crippen LogP contribution in [0.2, 0.25) is 0 Å². The van der Waals surface area contributed by atoms with Crippen LogP contribution in [0.5, 0.6) is 5.75 Å². The molecule has 1 rings (SSSR count). The molecule has 0 bridgehead atoms. The largest absolute Gasteiger partial charge is 0.494 e. The lowest BCUT2D eigenvalue weighted by molar-refractivity contribution is 0.202. The van der Waals surface area contributed by atoms with Crippen molar-refractivity contribution in [2.45, 2.75) is 12.8 Å². The van der Waals surface area contributed by atoms with Crippen molar-refractivity contribution in [2.24, 2.45) is 0 Å². The summed E-state index contributed by atoms with van der Waals surface area (Å²) in [6.07, 6.45) is 1.99. The molecule has 0 aliphatic rings. The lowest BCUT2D eigenvalue weighted by Gasteiger charge is -2.06. The van der Waals surface area contributed by atoms with E-state index in [1.54, 1.807) is 7.11 Å². The van der Waals surface area contributed by atoms with Crippen molar-refractivity contribution in [3.63, 3.8) is 0 Å². The van der Waals surface area contributed by atoms with Crippen LogP contribution < -0.4 is 4.74 Å². The SMILES string of the molecule is COCCc1ccc(OCCCBr)cc1. The number of alkyl halides is 1. The fourth-order valence-corrected chi connectivity index (χ4v) is 1.45. The Morgan fingerprint density at radius 2 is 1.87 bits per heavy atom. The van der Waals surface area contributed by atoms with Crippen LogP contribution >= 0.6 is 15.9 Å². The highest BCUT2D eigenvalue weighted by Crippen LogP contribution is 2.12. The third-order valence-electron chi connectivity index (χ3n) is 2.06. The molecule has 0 radical (unpaired) electrons. The first-order valence-electron chi connectivity index (χ1n) is 5.13. The predicted molar refractivity (Wildman–Crippen MR) is 65.9 cm³/mol. The summed E-state index contributed by atoms with van der Waals surface area (Å²) in [5.74, 6) is 0.942. The van der Waals surface area contributed by atoms with Gasteiger partial charge in [0.25, 0.3) is 0 Å². The van der Waals surface area contributed by atoms with Gasteiger partial charge in [0.15, 0.2) is 0 Å². The van der Waals surface area contributed by atoms with Crippen LogP contribution in [0.15, 0.2) is 24.3 Å². The fourth-order valence-electron chi connectivity index (χ4n) is 1.22. The average Bonchev–Trinajstić information content (AvgIpc) is 2.28. The van der Waals surface area contributed by atoms with Crippen LogP contribution in [0.4, 0.5) is 0 Å². The van der Waals surface area contributed by atoms with Gasteiger partial charge in [0.1, 0.15) is 5.75 Å². The number of rotatable bonds is 7. The normalized spacial score (nSPS) is 10.3. The number of hydrogen-bond acceptors (Lipinski definition) is 2. The third kappa shape index (κ3) is 5.19. The molecule has 0 aliphatic carbocycles. The van der Waals surface area contributed by atoms with Gasteiger partial charge in [0.05, 0.1) is 13.2 Å². The Bertz CT molecular complexity index is 259. The van der Waals surface area contributed by atoms with Crippen LogP contribution in [0.3, 0.4) is 0 Å². The summed E-state index contributed by atoms with van der Waals surface area (Å²) in [6, 6.07) is 8.20. The van der Waals surface area contributed by atoms with Crippen molar-refractivity contribution in [1.29, 1.82) is 0 Å². The molecule has 3 heteroatoms. The lowest BCUT2D eigenvalue weighted by atomic mass is 10.1. The molecule has 15 heavy (non-hydrogen) atoms. The number of hydrogen-bond donors (Lipinski definition) is 0. The van der Waals surface area contributed by atoms with Crippen LogP contribution in [0.25, 0.3) is 0 Å². The molecule has 0 saturated heterocycles. The predicted octanol–water partition coefficient (Wildman–Crippen LogP) is 3.04. The zero-order chi connectivity index (χ0) is 10.9. The highest BCUT2D eigenvalue weighted by molar-refractivity contribution is 9.09. The average molecular weight is 273 g/mol. The standard InChI is InChI=1S/C12H17BrO2/c1-14-10-7-11-3-5-12(6-4-11)15-9-2-8-13/h3-6H,2,7-10H2,1H3. The molecule has 1 aromatic rings. The van der Waals surface area contributed by atoms with Crippen molar-refractivity contribution in [3.8, 4) is 5.75 Å². The maximum atomic E-state index is 5.54. The quantitative estimate of drug-likeness (QED) is 0.561. The number of ether oxygens (including phenoxy) is 2. The van der Waals surface area contributed by atoms with Gasteiger partial charge in [-0.1, -0.05) is 28.1 Å². The molecule has 0 N–H and O–H groups in total. The molecule has 0 saturated carbocycles. The van der Waals surface area contributed by atoms with E-state index in [1.807, 2.05) is 12.1 Å². The van der Waals surface area contributed by atoms with Gasteiger partial charge in [0.2, 0.25) is 0 Å². The fraction of sp³-hybridized carbons (Fsp3) is 0.500. The molecule has 0 spiro atoms. The first-order valence-corrected chi connectivity index (χ1v) is 6.25. The van der Waals surface area contributed by atoms with E-state index in [9.17, 15) is 0 Å². The van der Waals surface area contributed by atoms with E-state index in [1.165, 1.54) is 5.56 Å². The Labute approximate surface area is 99.7 Å². The van der Waals surface area contributed by atoms with Gasteiger partial charge in [-0.05, 0) is 30.5 Å². The van der Waals surface area contributed by atoms with E-state index in [4.69, 9.17) is 9.47 Å². The second-order valence-electron chi connectivity index (χ2n) is 3.28.